The van der Waals surface area contributed by atoms with E-state index in [9.17, 15) is 4.79 Å². The van der Waals surface area contributed by atoms with E-state index in [2.05, 4.69) is 10.6 Å². The van der Waals surface area contributed by atoms with E-state index < -0.39 is 5.54 Å². The van der Waals surface area contributed by atoms with Crippen LogP contribution in [0.5, 0.6) is 0 Å². The number of benzene rings is 1. The Labute approximate surface area is 113 Å². The van der Waals surface area contributed by atoms with Crippen LogP contribution in [0.4, 0.5) is 4.79 Å². The van der Waals surface area contributed by atoms with E-state index in [1.165, 1.54) is 0 Å². The molecule has 0 radical (unpaired) electrons. The first-order valence-electron chi connectivity index (χ1n) is 5.88. The maximum atomic E-state index is 11.8. The fraction of sp³-hybridized carbons (Fsp3) is 0.385. The lowest BCUT2D eigenvalue weighted by Gasteiger charge is -2.28. The van der Waals surface area contributed by atoms with Gasteiger partial charge in [0.25, 0.3) is 0 Å². The van der Waals surface area contributed by atoms with Gasteiger partial charge in [-0.25, -0.2) is 4.79 Å². The summed E-state index contributed by atoms with van der Waals surface area (Å²) < 4.78 is 0. The number of amides is 2. The van der Waals surface area contributed by atoms with E-state index >= 15 is 0 Å². The lowest BCUT2D eigenvalue weighted by molar-refractivity contribution is 0.233. The molecule has 2 amide bonds. The van der Waals surface area contributed by atoms with Gasteiger partial charge in [0, 0.05) is 6.54 Å². The fourth-order valence-corrected chi connectivity index (χ4v) is 1.59. The zero-order valence-corrected chi connectivity index (χ0v) is 11.5. The minimum Gasteiger partial charge on any atom is -0.391 e. The van der Waals surface area contributed by atoms with Crippen molar-refractivity contribution in [2.75, 3.05) is 0 Å². The van der Waals surface area contributed by atoms with Crippen LogP contribution in [0.25, 0.3) is 0 Å². The molecule has 0 heterocycles. The molecule has 18 heavy (non-hydrogen) atoms. The molecule has 1 rings (SSSR count). The van der Waals surface area contributed by atoms with Crippen LogP contribution in [-0.4, -0.2) is 16.6 Å². The van der Waals surface area contributed by atoms with Gasteiger partial charge in [-0.3, -0.25) is 0 Å². The molecule has 0 aliphatic heterocycles. The van der Waals surface area contributed by atoms with E-state index in [4.69, 9.17) is 18.0 Å². The summed E-state index contributed by atoms with van der Waals surface area (Å²) in [5.41, 5.74) is 6.03. The van der Waals surface area contributed by atoms with Crippen molar-refractivity contribution in [3.8, 4) is 0 Å². The summed E-state index contributed by atoms with van der Waals surface area (Å²) in [6.45, 7) is 4.22. The largest absolute Gasteiger partial charge is 0.391 e. The van der Waals surface area contributed by atoms with Crippen LogP contribution < -0.4 is 16.4 Å². The van der Waals surface area contributed by atoms with E-state index in [0.717, 1.165) is 5.56 Å². The number of urea groups is 1. The number of thiocarbonyl (C=S) groups is 1. The Balaban J connectivity index is 2.49. The van der Waals surface area contributed by atoms with Gasteiger partial charge >= 0.3 is 6.03 Å². The second kappa shape index (κ2) is 6.35. The Morgan fingerprint density at radius 2 is 2.00 bits per heavy atom. The molecule has 0 aliphatic rings. The Hall–Kier alpha value is -1.62. The monoisotopic (exact) mass is 265 g/mol. The molecule has 1 unspecified atom stereocenters. The summed E-state index contributed by atoms with van der Waals surface area (Å²) in [7, 11) is 0. The van der Waals surface area contributed by atoms with Crippen molar-refractivity contribution in [3.63, 3.8) is 0 Å². The SMILES string of the molecule is CCC(C)(NC(=O)NCc1ccccc1)C(N)=S. The van der Waals surface area contributed by atoms with Crippen LogP contribution in [0, 0.1) is 0 Å². The number of rotatable bonds is 5. The predicted molar refractivity (Wildman–Crippen MR) is 77.3 cm³/mol. The van der Waals surface area contributed by atoms with Crippen molar-refractivity contribution in [2.24, 2.45) is 5.73 Å². The minimum atomic E-state index is -0.643. The highest BCUT2D eigenvalue weighted by Crippen LogP contribution is 2.09. The van der Waals surface area contributed by atoms with E-state index in [0.29, 0.717) is 18.0 Å². The van der Waals surface area contributed by atoms with Crippen molar-refractivity contribution in [2.45, 2.75) is 32.4 Å². The van der Waals surface area contributed by atoms with Gasteiger partial charge in [-0.05, 0) is 18.9 Å². The molecular weight excluding hydrogens is 246 g/mol. The van der Waals surface area contributed by atoms with Gasteiger partial charge in [0.1, 0.15) is 0 Å². The van der Waals surface area contributed by atoms with Crippen molar-refractivity contribution < 1.29 is 4.79 Å². The van der Waals surface area contributed by atoms with Gasteiger partial charge in [-0.1, -0.05) is 49.5 Å². The lowest BCUT2D eigenvalue weighted by Crippen LogP contribution is -2.56. The Kier molecular flexibility index (Phi) is 5.09. The summed E-state index contributed by atoms with van der Waals surface area (Å²) in [5.74, 6) is 0. The van der Waals surface area contributed by atoms with Crippen LogP contribution in [0.1, 0.15) is 25.8 Å². The number of hydrogen-bond acceptors (Lipinski definition) is 2. The molecule has 1 aromatic rings. The fourth-order valence-electron chi connectivity index (χ4n) is 1.40. The van der Waals surface area contributed by atoms with E-state index in [1.54, 1.807) is 0 Å². The van der Waals surface area contributed by atoms with Gasteiger partial charge in [-0.2, -0.15) is 0 Å². The summed E-state index contributed by atoms with van der Waals surface area (Å²) >= 11 is 4.96. The number of hydrogen-bond donors (Lipinski definition) is 3. The molecule has 0 bridgehead atoms. The Morgan fingerprint density at radius 1 is 1.39 bits per heavy atom. The van der Waals surface area contributed by atoms with Gasteiger partial charge in [0.2, 0.25) is 0 Å². The van der Waals surface area contributed by atoms with Crippen LogP contribution >= 0.6 is 12.2 Å². The highest BCUT2D eigenvalue weighted by atomic mass is 32.1. The molecular formula is C13H19N3OS. The van der Waals surface area contributed by atoms with Gasteiger partial charge in [0.05, 0.1) is 10.5 Å². The normalized spacial score (nSPS) is 13.4. The second-order valence-electron chi connectivity index (χ2n) is 4.34. The molecule has 1 aromatic carbocycles. The zero-order valence-electron chi connectivity index (χ0n) is 10.7. The first-order valence-corrected chi connectivity index (χ1v) is 6.28. The molecule has 98 valence electrons. The summed E-state index contributed by atoms with van der Waals surface area (Å²) in [5, 5.41) is 5.58. The molecule has 0 fully saturated rings. The van der Waals surface area contributed by atoms with Crippen LogP contribution in [0.2, 0.25) is 0 Å². The summed E-state index contributed by atoms with van der Waals surface area (Å²) in [6, 6.07) is 9.43. The summed E-state index contributed by atoms with van der Waals surface area (Å²) in [6.07, 6.45) is 0.654. The third-order valence-electron chi connectivity index (χ3n) is 2.94. The van der Waals surface area contributed by atoms with Crippen LogP contribution in [-0.2, 0) is 6.54 Å². The topological polar surface area (TPSA) is 67.2 Å². The van der Waals surface area contributed by atoms with Gasteiger partial charge < -0.3 is 16.4 Å². The van der Waals surface area contributed by atoms with Crippen LogP contribution in [0.3, 0.4) is 0 Å². The first kappa shape index (κ1) is 14.4. The van der Waals surface area contributed by atoms with Crippen LogP contribution in [0.15, 0.2) is 30.3 Å². The van der Waals surface area contributed by atoms with Crippen molar-refractivity contribution in [1.29, 1.82) is 0 Å². The molecule has 4 N–H and O–H groups in total. The average molecular weight is 265 g/mol. The number of carbonyl (C=O) groups is 1. The maximum Gasteiger partial charge on any atom is 0.315 e. The second-order valence-corrected chi connectivity index (χ2v) is 4.78. The molecule has 5 heteroatoms. The van der Waals surface area contributed by atoms with Gasteiger partial charge in [-0.15, -0.1) is 0 Å². The van der Waals surface area contributed by atoms with Crippen molar-refractivity contribution >= 4 is 23.2 Å². The number of nitrogens with one attached hydrogen (secondary N) is 2. The third kappa shape index (κ3) is 4.00. The smallest absolute Gasteiger partial charge is 0.315 e. The Bertz CT molecular complexity index is 422. The quantitative estimate of drug-likeness (QED) is 0.713. The van der Waals surface area contributed by atoms with Gasteiger partial charge in [0.15, 0.2) is 0 Å². The predicted octanol–water partition coefficient (Wildman–Crippen LogP) is 1.94. The first-order chi connectivity index (χ1) is 8.48. The lowest BCUT2D eigenvalue weighted by atomic mass is 9.99. The average Bonchev–Trinajstić information content (AvgIpc) is 2.37. The Morgan fingerprint density at radius 3 is 2.50 bits per heavy atom. The van der Waals surface area contributed by atoms with Crippen molar-refractivity contribution in [3.05, 3.63) is 35.9 Å². The minimum absolute atomic E-state index is 0.268. The highest BCUT2D eigenvalue weighted by molar-refractivity contribution is 7.80. The highest BCUT2D eigenvalue weighted by Gasteiger charge is 2.27. The molecule has 1 atom stereocenters. The molecule has 4 nitrogen and oxygen atoms in total. The molecule has 0 aliphatic carbocycles. The third-order valence-corrected chi connectivity index (χ3v) is 3.39. The number of nitrogens with two attached hydrogens (primary N) is 1. The molecule has 0 spiro atoms. The number of carbonyl (C=O) groups excluding carboxylic acids is 1. The standard InChI is InChI=1S/C13H19N3OS/c1-3-13(2,11(14)18)16-12(17)15-9-10-7-5-4-6-8-10/h4-8H,3,9H2,1-2H3,(H2,14,18)(H2,15,16,17). The van der Waals surface area contributed by atoms with Crippen molar-refractivity contribution in [1.82, 2.24) is 10.6 Å². The van der Waals surface area contributed by atoms with E-state index in [1.807, 2.05) is 44.2 Å². The maximum absolute atomic E-state index is 11.8. The zero-order chi connectivity index (χ0) is 13.6. The summed E-state index contributed by atoms with van der Waals surface area (Å²) in [4.78, 5) is 12.0. The molecule has 0 saturated carbocycles. The molecule has 0 saturated heterocycles. The van der Waals surface area contributed by atoms with E-state index in [-0.39, 0.29) is 6.03 Å². The molecule has 0 aromatic heterocycles.